The zero-order chi connectivity index (χ0) is 10.7. The molecule has 0 radical (unpaired) electrons. The number of nitrogens with one attached hydrogen (secondary N) is 1. The van der Waals surface area contributed by atoms with Gasteiger partial charge in [0.25, 0.3) is 0 Å². The molecule has 2 aliphatic heterocycles. The Kier molecular flexibility index (Phi) is 3.81. The van der Waals surface area contributed by atoms with Gasteiger partial charge >= 0.3 is 0 Å². The van der Waals surface area contributed by atoms with E-state index < -0.39 is 0 Å². The maximum absolute atomic E-state index is 3.65. The predicted octanol–water partition coefficient (Wildman–Crippen LogP) is 2.03. The summed E-state index contributed by atoms with van der Waals surface area (Å²) in [5.74, 6) is 0.915. The summed E-state index contributed by atoms with van der Waals surface area (Å²) in [7, 11) is 0. The Morgan fingerprint density at radius 2 is 2.40 bits per heavy atom. The molecule has 2 atom stereocenters. The van der Waals surface area contributed by atoms with Crippen LogP contribution in [-0.2, 0) is 0 Å². The van der Waals surface area contributed by atoms with Gasteiger partial charge in [-0.1, -0.05) is 18.6 Å². The highest BCUT2D eigenvalue weighted by molar-refractivity contribution is 5.04. The zero-order valence-electron chi connectivity index (χ0n) is 10.1. The molecule has 1 N–H and O–H groups in total. The quantitative estimate of drug-likeness (QED) is 0.699. The SMILES string of the molecule is CC1=CCCN(CC2CC(C)CCN2)C1. The first-order chi connectivity index (χ1) is 7.24. The molecule has 2 unspecified atom stereocenters. The molecule has 1 fully saturated rings. The monoisotopic (exact) mass is 208 g/mol. The molecule has 0 aliphatic carbocycles. The van der Waals surface area contributed by atoms with Crippen molar-refractivity contribution < 1.29 is 0 Å². The van der Waals surface area contributed by atoms with E-state index in [0.717, 1.165) is 12.0 Å². The van der Waals surface area contributed by atoms with Gasteiger partial charge in [0.15, 0.2) is 0 Å². The number of hydrogen-bond acceptors (Lipinski definition) is 2. The average molecular weight is 208 g/mol. The lowest BCUT2D eigenvalue weighted by Crippen LogP contribution is -2.46. The van der Waals surface area contributed by atoms with Crippen LogP contribution in [0.4, 0.5) is 0 Å². The van der Waals surface area contributed by atoms with Crippen LogP contribution in [0.1, 0.15) is 33.1 Å². The molecule has 0 aromatic heterocycles. The summed E-state index contributed by atoms with van der Waals surface area (Å²) in [6, 6.07) is 0.736. The molecule has 0 aromatic carbocycles. The number of rotatable bonds is 2. The Hall–Kier alpha value is -0.340. The molecule has 2 nitrogen and oxygen atoms in total. The second kappa shape index (κ2) is 5.13. The summed E-state index contributed by atoms with van der Waals surface area (Å²) in [5.41, 5.74) is 1.55. The fourth-order valence-electron chi connectivity index (χ4n) is 2.82. The zero-order valence-corrected chi connectivity index (χ0v) is 10.1. The van der Waals surface area contributed by atoms with Gasteiger partial charge in [0, 0.05) is 25.7 Å². The van der Waals surface area contributed by atoms with Crippen LogP contribution in [-0.4, -0.2) is 37.1 Å². The maximum atomic E-state index is 3.65. The lowest BCUT2D eigenvalue weighted by molar-refractivity contribution is 0.214. The van der Waals surface area contributed by atoms with Gasteiger partial charge in [0.1, 0.15) is 0 Å². The molecular formula is C13H24N2. The maximum Gasteiger partial charge on any atom is 0.0197 e. The number of nitrogens with zero attached hydrogens (tertiary/aromatic N) is 1. The first kappa shape index (κ1) is 11.2. The smallest absolute Gasteiger partial charge is 0.0197 e. The van der Waals surface area contributed by atoms with Gasteiger partial charge in [-0.15, -0.1) is 0 Å². The highest BCUT2D eigenvalue weighted by Crippen LogP contribution is 2.17. The predicted molar refractivity (Wildman–Crippen MR) is 65.0 cm³/mol. The Bertz CT molecular complexity index is 235. The van der Waals surface area contributed by atoms with E-state index in [1.165, 1.54) is 45.4 Å². The normalized spacial score (nSPS) is 33.9. The van der Waals surface area contributed by atoms with Gasteiger partial charge in [-0.2, -0.15) is 0 Å². The van der Waals surface area contributed by atoms with Gasteiger partial charge in [-0.25, -0.2) is 0 Å². The lowest BCUT2D eigenvalue weighted by atomic mass is 9.94. The Morgan fingerprint density at radius 1 is 1.53 bits per heavy atom. The average Bonchev–Trinajstić information content (AvgIpc) is 2.17. The minimum absolute atomic E-state index is 0.736. The van der Waals surface area contributed by atoms with E-state index in [0.29, 0.717) is 0 Å². The van der Waals surface area contributed by atoms with Crippen molar-refractivity contribution in [2.75, 3.05) is 26.2 Å². The van der Waals surface area contributed by atoms with Crippen LogP contribution in [0.25, 0.3) is 0 Å². The third-order valence-electron chi connectivity index (χ3n) is 3.65. The van der Waals surface area contributed by atoms with Gasteiger partial charge in [0.05, 0.1) is 0 Å². The number of hydrogen-bond donors (Lipinski definition) is 1. The van der Waals surface area contributed by atoms with E-state index in [2.05, 4.69) is 30.1 Å². The van der Waals surface area contributed by atoms with Crippen LogP contribution in [0, 0.1) is 5.92 Å². The topological polar surface area (TPSA) is 15.3 Å². The van der Waals surface area contributed by atoms with E-state index in [4.69, 9.17) is 0 Å². The largest absolute Gasteiger partial charge is 0.313 e. The molecule has 2 heteroatoms. The van der Waals surface area contributed by atoms with Crippen molar-refractivity contribution in [3.8, 4) is 0 Å². The van der Waals surface area contributed by atoms with Crippen molar-refractivity contribution in [2.45, 2.75) is 39.2 Å². The summed E-state index contributed by atoms with van der Waals surface area (Å²) in [6.45, 7) is 9.54. The summed E-state index contributed by atoms with van der Waals surface area (Å²) < 4.78 is 0. The van der Waals surface area contributed by atoms with Gasteiger partial charge in [0.2, 0.25) is 0 Å². The number of piperidine rings is 1. The van der Waals surface area contributed by atoms with Crippen molar-refractivity contribution in [3.05, 3.63) is 11.6 Å². The van der Waals surface area contributed by atoms with Crippen LogP contribution in [0.15, 0.2) is 11.6 Å². The molecule has 0 saturated carbocycles. The van der Waals surface area contributed by atoms with Crippen LogP contribution >= 0.6 is 0 Å². The molecule has 2 rings (SSSR count). The van der Waals surface area contributed by atoms with Gasteiger partial charge < -0.3 is 5.32 Å². The van der Waals surface area contributed by atoms with Crippen LogP contribution in [0.5, 0.6) is 0 Å². The molecule has 0 amide bonds. The van der Waals surface area contributed by atoms with E-state index in [1.54, 1.807) is 5.57 Å². The van der Waals surface area contributed by atoms with E-state index in [9.17, 15) is 0 Å². The third-order valence-corrected chi connectivity index (χ3v) is 3.65. The molecule has 2 heterocycles. The Labute approximate surface area is 93.7 Å². The molecule has 0 spiro atoms. The Balaban J connectivity index is 1.78. The first-order valence-corrected chi connectivity index (χ1v) is 6.35. The molecule has 1 saturated heterocycles. The van der Waals surface area contributed by atoms with E-state index >= 15 is 0 Å². The van der Waals surface area contributed by atoms with Gasteiger partial charge in [-0.3, -0.25) is 4.90 Å². The van der Waals surface area contributed by atoms with Crippen LogP contribution < -0.4 is 5.32 Å². The van der Waals surface area contributed by atoms with Crippen molar-refractivity contribution in [1.82, 2.24) is 10.2 Å². The summed E-state index contributed by atoms with van der Waals surface area (Å²) >= 11 is 0. The summed E-state index contributed by atoms with van der Waals surface area (Å²) in [5, 5.41) is 3.65. The molecule has 2 aliphatic rings. The van der Waals surface area contributed by atoms with Crippen molar-refractivity contribution in [3.63, 3.8) is 0 Å². The highest BCUT2D eigenvalue weighted by atomic mass is 15.2. The van der Waals surface area contributed by atoms with E-state index in [1.807, 2.05) is 0 Å². The van der Waals surface area contributed by atoms with E-state index in [-0.39, 0.29) is 0 Å². The fourth-order valence-corrected chi connectivity index (χ4v) is 2.82. The second-order valence-corrected chi connectivity index (χ2v) is 5.35. The third kappa shape index (κ3) is 3.32. The second-order valence-electron chi connectivity index (χ2n) is 5.35. The summed E-state index contributed by atoms with van der Waals surface area (Å²) in [6.07, 6.45) is 6.34. The highest BCUT2D eigenvalue weighted by Gasteiger charge is 2.21. The lowest BCUT2D eigenvalue weighted by Gasteiger charge is -2.34. The molecule has 86 valence electrons. The molecule has 15 heavy (non-hydrogen) atoms. The molecule has 0 bridgehead atoms. The minimum atomic E-state index is 0.736. The molecular weight excluding hydrogens is 184 g/mol. The standard InChI is InChI=1S/C13H24N2/c1-11-5-6-14-13(8-11)10-15-7-3-4-12(2)9-15/h4,11,13-14H,3,5-10H2,1-2H3. The van der Waals surface area contributed by atoms with Crippen LogP contribution in [0.2, 0.25) is 0 Å². The van der Waals surface area contributed by atoms with Crippen molar-refractivity contribution in [1.29, 1.82) is 0 Å². The summed E-state index contributed by atoms with van der Waals surface area (Å²) in [4.78, 5) is 2.60. The van der Waals surface area contributed by atoms with Crippen molar-refractivity contribution in [2.24, 2.45) is 5.92 Å². The first-order valence-electron chi connectivity index (χ1n) is 6.35. The van der Waals surface area contributed by atoms with Gasteiger partial charge in [-0.05, 0) is 38.6 Å². The van der Waals surface area contributed by atoms with Crippen LogP contribution in [0.3, 0.4) is 0 Å². The minimum Gasteiger partial charge on any atom is -0.313 e. The fraction of sp³-hybridized carbons (Fsp3) is 0.846. The Morgan fingerprint density at radius 3 is 3.13 bits per heavy atom. The van der Waals surface area contributed by atoms with Crippen molar-refractivity contribution >= 4 is 0 Å². The molecule has 0 aromatic rings.